The molecule has 0 aliphatic rings. The maximum atomic E-state index is 13.4. The molecular formula is C16H13FINO. The maximum Gasteiger partial charge on any atom is 0.148 e. The molecule has 1 N–H and O–H groups in total. The minimum absolute atomic E-state index is 0.237. The van der Waals surface area contributed by atoms with Gasteiger partial charge in [-0.15, -0.1) is 0 Å². The van der Waals surface area contributed by atoms with Crippen LogP contribution in [-0.2, 0) is 6.54 Å². The Morgan fingerprint density at radius 2 is 1.90 bits per heavy atom. The number of halogens is 2. The molecule has 0 saturated heterocycles. The lowest BCUT2D eigenvalue weighted by Crippen LogP contribution is -2.04. The molecule has 1 aromatic heterocycles. The Bertz CT molecular complexity index is 749. The summed E-state index contributed by atoms with van der Waals surface area (Å²) in [4.78, 5) is 0. The third-order valence-electron chi connectivity index (χ3n) is 3.16. The number of hydrogen-bond acceptors (Lipinski definition) is 2. The topological polar surface area (TPSA) is 25.2 Å². The van der Waals surface area contributed by atoms with E-state index in [0.717, 1.165) is 32.4 Å². The van der Waals surface area contributed by atoms with Crippen molar-refractivity contribution < 1.29 is 8.81 Å². The molecule has 2 aromatic carbocycles. The predicted molar refractivity (Wildman–Crippen MR) is 87.1 cm³/mol. The Hall–Kier alpha value is -1.40. The molecule has 3 aromatic rings. The molecule has 3 rings (SSSR count). The fourth-order valence-electron chi connectivity index (χ4n) is 2.21. The van der Waals surface area contributed by atoms with Crippen LogP contribution in [-0.4, -0.2) is 7.05 Å². The van der Waals surface area contributed by atoms with E-state index >= 15 is 0 Å². The van der Waals surface area contributed by atoms with Crippen molar-refractivity contribution in [2.45, 2.75) is 6.54 Å². The van der Waals surface area contributed by atoms with Crippen LogP contribution in [0, 0.1) is 9.39 Å². The van der Waals surface area contributed by atoms with E-state index < -0.39 is 0 Å². The molecule has 4 heteroatoms. The fraction of sp³-hybridized carbons (Fsp3) is 0.125. The maximum absolute atomic E-state index is 13.4. The Morgan fingerprint density at radius 3 is 2.60 bits per heavy atom. The van der Waals surface area contributed by atoms with Gasteiger partial charge in [-0.25, -0.2) is 4.39 Å². The van der Waals surface area contributed by atoms with E-state index in [4.69, 9.17) is 4.42 Å². The summed E-state index contributed by atoms with van der Waals surface area (Å²) in [5, 5.41) is 3.91. The largest absolute Gasteiger partial charge is 0.455 e. The first-order valence-corrected chi connectivity index (χ1v) is 7.38. The van der Waals surface area contributed by atoms with Gasteiger partial charge in [-0.3, -0.25) is 0 Å². The third-order valence-corrected chi connectivity index (χ3v) is 3.96. The molecule has 0 radical (unpaired) electrons. The van der Waals surface area contributed by atoms with E-state index in [1.54, 1.807) is 0 Å². The predicted octanol–water partition coefficient (Wildman–Crippen LogP) is 4.56. The summed E-state index contributed by atoms with van der Waals surface area (Å²) >= 11 is 2.09. The van der Waals surface area contributed by atoms with Gasteiger partial charge in [0.05, 0.1) is 3.57 Å². The van der Waals surface area contributed by atoms with Gasteiger partial charge in [0.15, 0.2) is 0 Å². The summed E-state index contributed by atoms with van der Waals surface area (Å²) in [6.45, 7) is 0.837. The zero-order valence-corrected chi connectivity index (χ0v) is 13.1. The fourth-order valence-corrected chi connectivity index (χ4v) is 2.93. The zero-order chi connectivity index (χ0) is 14.1. The highest BCUT2D eigenvalue weighted by Gasteiger charge is 2.10. The molecule has 0 fully saturated rings. The van der Waals surface area contributed by atoms with E-state index in [-0.39, 0.29) is 5.82 Å². The van der Waals surface area contributed by atoms with Crippen LogP contribution in [0.3, 0.4) is 0 Å². The van der Waals surface area contributed by atoms with E-state index in [1.165, 1.54) is 17.7 Å². The highest BCUT2D eigenvalue weighted by molar-refractivity contribution is 14.1. The van der Waals surface area contributed by atoms with Crippen molar-refractivity contribution in [1.82, 2.24) is 5.32 Å². The molecule has 0 unspecified atom stereocenters. The lowest BCUT2D eigenvalue weighted by atomic mass is 10.1. The van der Waals surface area contributed by atoms with Crippen LogP contribution in [0.1, 0.15) is 5.56 Å². The average molecular weight is 381 g/mol. The van der Waals surface area contributed by atoms with Gasteiger partial charge in [0.25, 0.3) is 0 Å². The van der Waals surface area contributed by atoms with Crippen molar-refractivity contribution in [3.63, 3.8) is 0 Å². The first-order chi connectivity index (χ1) is 9.67. The van der Waals surface area contributed by atoms with E-state index in [2.05, 4.69) is 40.0 Å². The van der Waals surface area contributed by atoms with Crippen molar-refractivity contribution in [3.8, 4) is 11.3 Å². The first-order valence-electron chi connectivity index (χ1n) is 6.30. The van der Waals surface area contributed by atoms with Gasteiger partial charge in [-0.2, -0.15) is 0 Å². The second kappa shape index (κ2) is 5.54. The number of rotatable bonds is 3. The van der Waals surface area contributed by atoms with Crippen molar-refractivity contribution in [2.24, 2.45) is 0 Å². The van der Waals surface area contributed by atoms with Crippen molar-refractivity contribution in [1.29, 1.82) is 0 Å². The van der Waals surface area contributed by atoms with E-state index in [0.29, 0.717) is 0 Å². The first kappa shape index (κ1) is 13.6. The Labute approximate surface area is 130 Å². The number of benzene rings is 2. The summed E-state index contributed by atoms with van der Waals surface area (Å²) < 4.78 is 20.0. The molecule has 1 heterocycles. The summed E-state index contributed by atoms with van der Waals surface area (Å²) in [5.41, 5.74) is 2.95. The van der Waals surface area contributed by atoms with Gasteiger partial charge in [-0.05, 0) is 53.4 Å². The van der Waals surface area contributed by atoms with E-state index in [1.807, 2.05) is 25.2 Å². The molecular weight excluding hydrogens is 368 g/mol. The van der Waals surface area contributed by atoms with Gasteiger partial charge < -0.3 is 9.73 Å². The van der Waals surface area contributed by atoms with Crippen LogP contribution in [0.5, 0.6) is 0 Å². The average Bonchev–Trinajstić information content (AvgIpc) is 2.84. The highest BCUT2D eigenvalue weighted by Crippen LogP contribution is 2.31. The monoisotopic (exact) mass is 381 g/mol. The molecule has 102 valence electrons. The number of furan rings is 1. The Morgan fingerprint density at radius 1 is 1.15 bits per heavy atom. The van der Waals surface area contributed by atoms with Gasteiger partial charge in [-0.1, -0.05) is 24.3 Å². The van der Waals surface area contributed by atoms with Crippen LogP contribution in [0.4, 0.5) is 4.39 Å². The SMILES string of the molecule is CNCc1ccc(-c2cc3cc(F)cc(I)c3o2)cc1. The summed E-state index contributed by atoms with van der Waals surface area (Å²) in [6.07, 6.45) is 0. The Balaban J connectivity index is 2.03. The third kappa shape index (κ3) is 2.58. The Kier molecular flexibility index (Phi) is 3.76. The minimum atomic E-state index is -0.237. The molecule has 0 saturated carbocycles. The van der Waals surface area contributed by atoms with Crippen LogP contribution >= 0.6 is 22.6 Å². The number of nitrogens with one attached hydrogen (secondary N) is 1. The summed E-state index contributed by atoms with van der Waals surface area (Å²) in [5.74, 6) is 0.526. The normalized spacial score (nSPS) is 11.2. The molecule has 0 aliphatic heterocycles. The summed E-state index contributed by atoms with van der Waals surface area (Å²) in [7, 11) is 1.92. The molecule has 0 spiro atoms. The minimum Gasteiger partial charge on any atom is -0.455 e. The molecule has 0 bridgehead atoms. The molecule has 20 heavy (non-hydrogen) atoms. The van der Waals surface area contributed by atoms with Crippen molar-refractivity contribution in [2.75, 3.05) is 7.05 Å². The van der Waals surface area contributed by atoms with Crippen LogP contribution in [0.25, 0.3) is 22.3 Å². The second-order valence-electron chi connectivity index (χ2n) is 4.64. The quantitative estimate of drug-likeness (QED) is 0.673. The van der Waals surface area contributed by atoms with E-state index in [9.17, 15) is 4.39 Å². The number of fused-ring (bicyclic) bond motifs is 1. The lowest BCUT2D eigenvalue weighted by molar-refractivity contribution is 0.616. The second-order valence-corrected chi connectivity index (χ2v) is 5.81. The molecule has 0 atom stereocenters. The van der Waals surface area contributed by atoms with Crippen LogP contribution in [0.2, 0.25) is 0 Å². The van der Waals surface area contributed by atoms with Crippen LogP contribution < -0.4 is 5.32 Å². The standard InChI is InChI=1S/C16H13FINO/c1-19-9-10-2-4-11(5-3-10)15-7-12-6-13(17)8-14(18)16(12)20-15/h2-8,19H,9H2,1H3. The van der Waals surface area contributed by atoms with Gasteiger partial charge in [0.1, 0.15) is 17.2 Å². The zero-order valence-electron chi connectivity index (χ0n) is 10.9. The lowest BCUT2D eigenvalue weighted by Gasteiger charge is -2.01. The van der Waals surface area contributed by atoms with Gasteiger partial charge in [0.2, 0.25) is 0 Å². The highest BCUT2D eigenvalue weighted by atomic mass is 127. The molecule has 2 nitrogen and oxygen atoms in total. The van der Waals surface area contributed by atoms with Crippen molar-refractivity contribution in [3.05, 3.63) is 57.4 Å². The molecule has 0 aliphatic carbocycles. The number of hydrogen-bond donors (Lipinski definition) is 1. The van der Waals surface area contributed by atoms with Gasteiger partial charge >= 0.3 is 0 Å². The van der Waals surface area contributed by atoms with Crippen molar-refractivity contribution >= 4 is 33.6 Å². The van der Waals surface area contributed by atoms with Crippen LogP contribution in [0.15, 0.2) is 46.9 Å². The van der Waals surface area contributed by atoms with Gasteiger partial charge in [0, 0.05) is 17.5 Å². The summed E-state index contributed by atoms with van der Waals surface area (Å²) in [6, 6.07) is 13.0. The smallest absolute Gasteiger partial charge is 0.148 e. The molecule has 0 amide bonds.